The Labute approximate surface area is 173 Å². The molecule has 2 N–H and O–H groups in total. The number of thiocarbonyl (C=S) groups is 1. The number of hydrogen-bond acceptors (Lipinski definition) is 4. The van der Waals surface area contributed by atoms with Crippen molar-refractivity contribution < 1.29 is 4.79 Å². The highest BCUT2D eigenvalue weighted by Crippen LogP contribution is 2.28. The molecule has 0 saturated carbocycles. The molecular weight excluding hydrogens is 370 g/mol. The number of amides is 1. The maximum atomic E-state index is 12.6. The van der Waals surface area contributed by atoms with E-state index in [2.05, 4.69) is 35.8 Å². The molecule has 1 fully saturated rings. The van der Waals surface area contributed by atoms with Gasteiger partial charge in [-0.25, -0.2) is 0 Å². The molecule has 1 aliphatic rings. The summed E-state index contributed by atoms with van der Waals surface area (Å²) in [5.41, 5.74) is 1.44. The van der Waals surface area contributed by atoms with Crippen molar-refractivity contribution in [2.75, 3.05) is 20.1 Å². The lowest BCUT2D eigenvalue weighted by Gasteiger charge is -2.39. The van der Waals surface area contributed by atoms with Gasteiger partial charge in [0.1, 0.15) is 0 Å². The van der Waals surface area contributed by atoms with E-state index < -0.39 is 0 Å². The largest absolute Gasteiger partial charge is 0.352 e. The second kappa shape index (κ2) is 10.1. The minimum Gasteiger partial charge on any atom is -0.352 e. The Balaban J connectivity index is 2.05. The number of nitrogens with zero attached hydrogens (tertiary/aromatic N) is 3. The Morgan fingerprint density at radius 2 is 2.18 bits per heavy atom. The lowest BCUT2D eigenvalue weighted by Crippen LogP contribution is -2.53. The summed E-state index contributed by atoms with van der Waals surface area (Å²) in [7, 11) is 1.93. The third-order valence-corrected chi connectivity index (χ3v) is 5.48. The molecule has 1 atom stereocenters. The highest BCUT2D eigenvalue weighted by Gasteiger charge is 2.43. The third kappa shape index (κ3) is 5.27. The lowest BCUT2D eigenvalue weighted by molar-refractivity contribution is -0.131. The molecule has 1 saturated heterocycles. The lowest BCUT2D eigenvalue weighted by atomic mass is 10.0. The topological polar surface area (TPSA) is 60.0 Å². The number of rotatable bonds is 9. The van der Waals surface area contributed by atoms with Gasteiger partial charge in [0.05, 0.1) is 17.9 Å². The predicted molar refractivity (Wildman–Crippen MR) is 119 cm³/mol. The van der Waals surface area contributed by atoms with Crippen LogP contribution in [0.1, 0.15) is 25.3 Å². The summed E-state index contributed by atoms with van der Waals surface area (Å²) in [6, 6.07) is 10.1. The van der Waals surface area contributed by atoms with E-state index in [4.69, 9.17) is 12.2 Å². The van der Waals surface area contributed by atoms with Gasteiger partial charge in [-0.05, 0) is 37.0 Å². The molecule has 1 aromatic rings. The van der Waals surface area contributed by atoms with Crippen LogP contribution in [0, 0.1) is 0 Å². The van der Waals surface area contributed by atoms with Crippen molar-refractivity contribution in [2.24, 2.45) is 4.99 Å². The fourth-order valence-electron chi connectivity index (χ4n) is 3.30. The van der Waals surface area contributed by atoms with Crippen LogP contribution in [0.2, 0.25) is 0 Å². The molecule has 1 heterocycles. The maximum Gasteiger partial charge on any atom is 0.238 e. The summed E-state index contributed by atoms with van der Waals surface area (Å²) in [6.07, 6.45) is 4.78. The molecule has 150 valence electrons. The molecule has 1 aliphatic heterocycles. The number of carbonyl (C=O) groups is 1. The second-order valence-electron chi connectivity index (χ2n) is 6.78. The van der Waals surface area contributed by atoms with Gasteiger partial charge in [0, 0.05) is 32.8 Å². The molecule has 0 aromatic heterocycles. The zero-order chi connectivity index (χ0) is 20.6. The number of hydrogen-bond donors (Lipinski definition) is 2. The summed E-state index contributed by atoms with van der Waals surface area (Å²) >= 11 is 5.47. The van der Waals surface area contributed by atoms with Gasteiger partial charge in [0.2, 0.25) is 5.91 Å². The van der Waals surface area contributed by atoms with Gasteiger partial charge < -0.3 is 15.1 Å². The van der Waals surface area contributed by atoms with Crippen LogP contribution >= 0.6 is 12.2 Å². The SMILES string of the molecule is C=C/C(=C\N=C)NC(=S)N(C)CCC1(CC)NCC(=O)N1Cc1ccccc1. The second-order valence-corrected chi connectivity index (χ2v) is 7.16. The summed E-state index contributed by atoms with van der Waals surface area (Å²) in [5, 5.41) is 7.11. The Hall–Kier alpha value is -2.51. The minimum absolute atomic E-state index is 0.128. The van der Waals surface area contributed by atoms with E-state index in [0.717, 1.165) is 18.4 Å². The highest BCUT2D eigenvalue weighted by atomic mass is 32.1. The first-order valence-corrected chi connectivity index (χ1v) is 9.76. The van der Waals surface area contributed by atoms with E-state index in [9.17, 15) is 4.79 Å². The molecule has 2 rings (SSSR count). The number of allylic oxidation sites excluding steroid dienone is 1. The van der Waals surface area contributed by atoms with Crippen LogP contribution in [0.3, 0.4) is 0 Å². The van der Waals surface area contributed by atoms with Gasteiger partial charge in [0.15, 0.2) is 5.11 Å². The van der Waals surface area contributed by atoms with Crippen LogP contribution in [-0.4, -0.2) is 53.3 Å². The molecule has 0 aliphatic carbocycles. The first-order chi connectivity index (χ1) is 13.5. The van der Waals surface area contributed by atoms with E-state index in [-0.39, 0.29) is 11.6 Å². The van der Waals surface area contributed by atoms with Crippen LogP contribution in [-0.2, 0) is 11.3 Å². The van der Waals surface area contributed by atoms with Crippen LogP contribution in [0.5, 0.6) is 0 Å². The number of nitrogens with one attached hydrogen (secondary N) is 2. The third-order valence-electron chi connectivity index (χ3n) is 5.06. The van der Waals surface area contributed by atoms with Crippen LogP contribution in [0.25, 0.3) is 0 Å². The first-order valence-electron chi connectivity index (χ1n) is 9.35. The Kier molecular flexibility index (Phi) is 7.90. The molecule has 7 heteroatoms. The summed E-state index contributed by atoms with van der Waals surface area (Å²) in [5.74, 6) is 0.128. The fourth-order valence-corrected chi connectivity index (χ4v) is 3.51. The van der Waals surface area contributed by atoms with E-state index in [1.807, 2.05) is 47.2 Å². The first kappa shape index (κ1) is 21.8. The Morgan fingerprint density at radius 1 is 1.46 bits per heavy atom. The average Bonchev–Trinajstić information content (AvgIpc) is 3.02. The van der Waals surface area contributed by atoms with Gasteiger partial charge in [-0.1, -0.05) is 43.8 Å². The molecule has 1 amide bonds. The van der Waals surface area contributed by atoms with Crippen molar-refractivity contribution in [1.29, 1.82) is 0 Å². The predicted octanol–water partition coefficient (Wildman–Crippen LogP) is 2.65. The van der Waals surface area contributed by atoms with E-state index in [1.54, 1.807) is 12.3 Å². The number of benzene rings is 1. The summed E-state index contributed by atoms with van der Waals surface area (Å²) in [6.45, 7) is 10.9. The molecular formula is C21H29N5OS. The van der Waals surface area contributed by atoms with Gasteiger partial charge >= 0.3 is 0 Å². The van der Waals surface area contributed by atoms with Crippen LogP contribution in [0.15, 0.2) is 59.9 Å². The monoisotopic (exact) mass is 399 g/mol. The normalized spacial score (nSPS) is 19.4. The smallest absolute Gasteiger partial charge is 0.238 e. The van der Waals surface area contributed by atoms with Gasteiger partial charge in [-0.15, -0.1) is 0 Å². The average molecular weight is 400 g/mol. The van der Waals surface area contributed by atoms with Crippen molar-refractivity contribution in [3.63, 3.8) is 0 Å². The van der Waals surface area contributed by atoms with Crippen molar-refractivity contribution in [1.82, 2.24) is 20.4 Å². The maximum absolute atomic E-state index is 12.6. The van der Waals surface area contributed by atoms with Crippen LogP contribution < -0.4 is 10.6 Å². The van der Waals surface area contributed by atoms with Gasteiger partial charge in [-0.3, -0.25) is 15.1 Å². The Bertz CT molecular complexity index is 748. The number of aliphatic imine (C=N–C) groups is 1. The molecule has 28 heavy (non-hydrogen) atoms. The van der Waals surface area contributed by atoms with E-state index in [0.29, 0.717) is 30.4 Å². The highest BCUT2D eigenvalue weighted by molar-refractivity contribution is 7.80. The summed E-state index contributed by atoms with van der Waals surface area (Å²) < 4.78 is 0. The molecule has 0 spiro atoms. The number of carbonyl (C=O) groups excluding carboxylic acids is 1. The molecule has 1 unspecified atom stereocenters. The van der Waals surface area contributed by atoms with Gasteiger partial charge in [0.25, 0.3) is 0 Å². The minimum atomic E-state index is -0.378. The van der Waals surface area contributed by atoms with Crippen molar-refractivity contribution in [3.8, 4) is 0 Å². The molecule has 0 radical (unpaired) electrons. The Morgan fingerprint density at radius 3 is 2.79 bits per heavy atom. The van der Waals surface area contributed by atoms with Crippen LogP contribution in [0.4, 0.5) is 0 Å². The summed E-state index contributed by atoms with van der Waals surface area (Å²) in [4.78, 5) is 20.2. The van der Waals surface area contributed by atoms with E-state index >= 15 is 0 Å². The molecule has 0 bridgehead atoms. The zero-order valence-corrected chi connectivity index (χ0v) is 17.5. The van der Waals surface area contributed by atoms with Crippen molar-refractivity contribution in [2.45, 2.75) is 32.0 Å². The molecule has 1 aromatic carbocycles. The van der Waals surface area contributed by atoms with Crippen molar-refractivity contribution >= 4 is 30.0 Å². The quantitative estimate of drug-likeness (QED) is 0.380. The fraction of sp³-hybridized carbons (Fsp3) is 0.381. The molecule has 6 nitrogen and oxygen atoms in total. The van der Waals surface area contributed by atoms with Crippen molar-refractivity contribution in [3.05, 3.63) is 60.4 Å². The zero-order valence-electron chi connectivity index (χ0n) is 16.6. The van der Waals surface area contributed by atoms with Gasteiger partial charge in [-0.2, -0.15) is 0 Å². The van der Waals surface area contributed by atoms with E-state index in [1.165, 1.54) is 0 Å². The standard InChI is InChI=1S/C21H29N5OS/c1-5-18(14-22-3)24-20(28)25(4)13-12-21(6-2)23-15-19(27)26(21)16-17-10-8-7-9-11-17/h5,7-11,14,23H,1,3,6,12-13,15-16H2,2,4H3,(H,24,28)/b18-14+.